The number of pyridine rings is 1. The number of hydrogen-bond donors (Lipinski definition) is 3. The highest BCUT2D eigenvalue weighted by molar-refractivity contribution is 6.02. The summed E-state index contributed by atoms with van der Waals surface area (Å²) in [5.41, 5.74) is 6.11. The van der Waals surface area contributed by atoms with Crippen LogP contribution in [0.1, 0.15) is 30.4 Å². The first kappa shape index (κ1) is 26.3. The van der Waals surface area contributed by atoms with Gasteiger partial charge in [0.15, 0.2) is 11.5 Å². The molecule has 4 heterocycles. The summed E-state index contributed by atoms with van der Waals surface area (Å²) in [6, 6.07) is 13.7. The highest BCUT2D eigenvalue weighted by Crippen LogP contribution is 2.44. The fraction of sp³-hybridized carbons (Fsp3) is 0.226. The monoisotopic (exact) mass is 569 g/mol. The summed E-state index contributed by atoms with van der Waals surface area (Å²) in [6.45, 7) is -1.10. The number of aliphatic hydroxyl groups excluding tert-OH is 1. The van der Waals surface area contributed by atoms with Crippen molar-refractivity contribution in [2.24, 2.45) is 0 Å². The summed E-state index contributed by atoms with van der Waals surface area (Å²) in [6.07, 6.45) is 9.14. The third-order valence-corrected chi connectivity index (χ3v) is 7.96. The van der Waals surface area contributed by atoms with Crippen LogP contribution in [-0.2, 0) is 0 Å². The van der Waals surface area contributed by atoms with Crippen molar-refractivity contribution >= 4 is 23.0 Å². The van der Waals surface area contributed by atoms with Gasteiger partial charge in [-0.15, -0.1) is 10.2 Å². The molecule has 0 bridgehead atoms. The third kappa shape index (κ3) is 4.70. The molecule has 11 heteroatoms. The van der Waals surface area contributed by atoms with E-state index in [0.717, 1.165) is 39.2 Å². The Morgan fingerprint density at radius 3 is 2.50 bits per heavy atom. The smallest absolute Gasteiger partial charge is 0.393 e. The molecule has 7 rings (SSSR count). The van der Waals surface area contributed by atoms with Gasteiger partial charge in [-0.3, -0.25) is 9.72 Å². The van der Waals surface area contributed by atoms with E-state index in [1.54, 1.807) is 18.5 Å². The lowest BCUT2D eigenvalue weighted by atomic mass is 9.68. The summed E-state index contributed by atoms with van der Waals surface area (Å²) < 4.78 is 40.9. The van der Waals surface area contributed by atoms with Crippen molar-refractivity contribution in [1.29, 1.82) is 0 Å². The van der Waals surface area contributed by atoms with E-state index in [1.165, 1.54) is 0 Å². The Morgan fingerprint density at radius 2 is 1.81 bits per heavy atom. The van der Waals surface area contributed by atoms with Crippen molar-refractivity contribution in [3.8, 4) is 11.6 Å². The van der Waals surface area contributed by atoms with E-state index in [0.29, 0.717) is 23.7 Å². The van der Waals surface area contributed by atoms with Gasteiger partial charge in [0.25, 0.3) is 0 Å². The molecule has 3 N–H and O–H groups in total. The summed E-state index contributed by atoms with van der Waals surface area (Å²) in [7, 11) is 0. The van der Waals surface area contributed by atoms with Crippen LogP contribution in [0.15, 0.2) is 96.1 Å². The number of hydrogen-bond acceptors (Lipinski definition) is 7. The topological polar surface area (TPSA) is 100 Å². The zero-order valence-electron chi connectivity index (χ0n) is 22.3. The van der Waals surface area contributed by atoms with E-state index in [9.17, 15) is 18.3 Å². The van der Waals surface area contributed by atoms with Crippen LogP contribution < -0.4 is 10.6 Å². The Bertz CT molecular complexity index is 1780. The predicted molar refractivity (Wildman–Crippen MR) is 153 cm³/mol. The third-order valence-electron chi connectivity index (χ3n) is 7.96. The van der Waals surface area contributed by atoms with Crippen molar-refractivity contribution in [1.82, 2.24) is 29.9 Å². The number of nitrogens with one attached hydrogen (secondary N) is 2. The van der Waals surface area contributed by atoms with E-state index in [4.69, 9.17) is 0 Å². The van der Waals surface area contributed by atoms with Crippen LogP contribution in [0.5, 0.6) is 0 Å². The zero-order valence-corrected chi connectivity index (χ0v) is 22.3. The maximum atomic E-state index is 13.0. The Balaban J connectivity index is 1.27. The van der Waals surface area contributed by atoms with E-state index in [-0.39, 0.29) is 12.8 Å². The maximum Gasteiger partial charge on any atom is 0.401 e. The lowest BCUT2D eigenvalue weighted by Gasteiger charge is -2.48. The molecule has 1 saturated carbocycles. The molecule has 3 aliphatic rings. The van der Waals surface area contributed by atoms with Crippen LogP contribution in [0.2, 0.25) is 0 Å². The number of aliphatic hydroxyl groups is 1. The van der Waals surface area contributed by atoms with Crippen molar-refractivity contribution in [2.75, 3.05) is 11.9 Å². The first-order valence-electron chi connectivity index (χ1n) is 13.6. The van der Waals surface area contributed by atoms with Crippen LogP contribution in [0.25, 0.3) is 28.9 Å². The normalized spacial score (nSPS) is 23.6. The van der Waals surface area contributed by atoms with E-state index in [1.807, 2.05) is 65.2 Å². The molecule has 0 amide bonds. The number of fused-ring (bicyclic) bond motifs is 3. The quantitative estimate of drug-likeness (QED) is 0.299. The van der Waals surface area contributed by atoms with E-state index in [2.05, 4.69) is 36.9 Å². The minimum Gasteiger partial charge on any atom is -0.393 e. The van der Waals surface area contributed by atoms with E-state index >= 15 is 0 Å². The Kier molecular flexibility index (Phi) is 6.28. The van der Waals surface area contributed by atoms with Gasteiger partial charge in [-0.25, -0.2) is 9.97 Å². The average Bonchev–Trinajstić information content (AvgIpc) is 3.43. The fourth-order valence-corrected chi connectivity index (χ4v) is 5.89. The summed E-state index contributed by atoms with van der Waals surface area (Å²) in [5.74, 6) is 1.01. The highest BCUT2D eigenvalue weighted by atomic mass is 19.4. The van der Waals surface area contributed by atoms with Gasteiger partial charge in [0, 0.05) is 41.0 Å². The molecule has 0 unspecified atom stereocenters. The Hall–Kier alpha value is -4.61. The van der Waals surface area contributed by atoms with Gasteiger partial charge in [0.1, 0.15) is 0 Å². The number of allylic oxidation sites excluding steroid dienone is 4. The SMILES string of the molecule is OC1CC(NCC(F)(F)F)(C2=CCC(=C3Nc4ccn5c(-c6ncccn6)nnc5c4C=C3c3ccccc3)C=C2)C1. The first-order chi connectivity index (χ1) is 20.3. The van der Waals surface area contributed by atoms with E-state index < -0.39 is 24.4 Å². The number of benzene rings is 1. The molecule has 0 spiro atoms. The minimum atomic E-state index is -4.33. The number of aromatic nitrogens is 5. The highest BCUT2D eigenvalue weighted by Gasteiger charge is 2.47. The lowest BCUT2D eigenvalue weighted by Crippen LogP contribution is -2.60. The molecule has 3 aromatic heterocycles. The van der Waals surface area contributed by atoms with Gasteiger partial charge in [-0.05, 0) is 54.2 Å². The predicted octanol–water partition coefficient (Wildman–Crippen LogP) is 5.34. The maximum absolute atomic E-state index is 13.0. The fourth-order valence-electron chi connectivity index (χ4n) is 5.89. The first-order valence-corrected chi connectivity index (χ1v) is 13.6. The molecule has 4 aromatic rings. The summed E-state index contributed by atoms with van der Waals surface area (Å²) in [5, 5.41) is 25.1. The minimum absolute atomic E-state index is 0.246. The average molecular weight is 570 g/mol. The van der Waals surface area contributed by atoms with Crippen LogP contribution in [0.4, 0.5) is 18.9 Å². The summed E-state index contributed by atoms with van der Waals surface area (Å²) >= 11 is 0. The lowest BCUT2D eigenvalue weighted by molar-refractivity contribution is -0.133. The molecule has 0 radical (unpaired) electrons. The van der Waals surface area contributed by atoms with Gasteiger partial charge in [-0.1, -0.05) is 48.6 Å². The molecule has 0 saturated heterocycles. The molecule has 1 aromatic carbocycles. The Labute approximate surface area is 239 Å². The molecular formula is C31H26F3N7O. The largest absolute Gasteiger partial charge is 0.401 e. The number of anilines is 1. The molecule has 212 valence electrons. The van der Waals surface area contributed by atoms with Crippen molar-refractivity contribution < 1.29 is 18.3 Å². The molecule has 1 aliphatic heterocycles. The van der Waals surface area contributed by atoms with Crippen LogP contribution in [-0.4, -0.2) is 54.0 Å². The second kappa shape index (κ2) is 10.0. The van der Waals surface area contributed by atoms with Gasteiger partial charge < -0.3 is 10.4 Å². The molecular weight excluding hydrogens is 543 g/mol. The summed E-state index contributed by atoms with van der Waals surface area (Å²) in [4.78, 5) is 8.64. The number of halogens is 3. The van der Waals surface area contributed by atoms with Crippen LogP contribution in [0.3, 0.4) is 0 Å². The number of alkyl halides is 3. The van der Waals surface area contributed by atoms with Gasteiger partial charge >= 0.3 is 6.18 Å². The van der Waals surface area contributed by atoms with Crippen molar-refractivity contribution in [3.63, 3.8) is 0 Å². The molecule has 42 heavy (non-hydrogen) atoms. The second-order valence-electron chi connectivity index (χ2n) is 10.7. The van der Waals surface area contributed by atoms with Crippen LogP contribution >= 0.6 is 0 Å². The van der Waals surface area contributed by atoms with Crippen molar-refractivity contribution in [2.45, 2.75) is 37.1 Å². The van der Waals surface area contributed by atoms with Crippen molar-refractivity contribution in [3.05, 3.63) is 107 Å². The molecule has 2 aliphatic carbocycles. The number of nitrogens with zero attached hydrogens (tertiary/aromatic N) is 5. The standard InChI is InChI=1S/C31H26F3N7O/c32-31(33,34)18-37-30(16-22(42)17-30)21-9-7-20(8-10-21)26-23(19-5-2-1-3-6-19)15-24-25(38-26)11-14-41-28(24)39-40-29(41)27-35-12-4-13-36-27/h1-7,9-15,22,37-38,42H,8,16-18H2. The molecule has 0 atom stereocenters. The van der Waals surface area contributed by atoms with Gasteiger partial charge in [0.05, 0.1) is 18.3 Å². The Morgan fingerprint density at radius 1 is 1.02 bits per heavy atom. The number of rotatable bonds is 5. The van der Waals surface area contributed by atoms with Gasteiger partial charge in [0.2, 0.25) is 5.82 Å². The van der Waals surface area contributed by atoms with Crippen LogP contribution in [0, 0.1) is 0 Å². The second-order valence-corrected chi connectivity index (χ2v) is 10.7. The van der Waals surface area contributed by atoms with Gasteiger partial charge in [-0.2, -0.15) is 13.2 Å². The zero-order chi connectivity index (χ0) is 28.9. The molecule has 8 nitrogen and oxygen atoms in total. The molecule has 1 fully saturated rings.